The van der Waals surface area contributed by atoms with Gasteiger partial charge in [-0.25, -0.2) is 0 Å². The Kier molecular flexibility index (Phi) is 7.52. The van der Waals surface area contributed by atoms with Crippen molar-refractivity contribution in [3.63, 3.8) is 0 Å². The van der Waals surface area contributed by atoms with Crippen LogP contribution in [0.1, 0.15) is 65.3 Å². The van der Waals surface area contributed by atoms with Crippen LogP contribution in [0.25, 0.3) is 0 Å². The number of anilines is 1. The van der Waals surface area contributed by atoms with Gasteiger partial charge in [0.2, 0.25) is 0 Å². The molecule has 1 amide bonds. The molecule has 2 heterocycles. The van der Waals surface area contributed by atoms with E-state index in [1.807, 2.05) is 42.5 Å². The van der Waals surface area contributed by atoms with Gasteiger partial charge < -0.3 is 19.3 Å². The van der Waals surface area contributed by atoms with Crippen molar-refractivity contribution in [3.05, 3.63) is 118 Å². The molecule has 0 saturated heterocycles. The summed E-state index contributed by atoms with van der Waals surface area (Å²) in [5, 5.41) is 11.2. The Morgan fingerprint density at radius 1 is 0.953 bits per heavy atom. The molecule has 6 rings (SSSR count). The van der Waals surface area contributed by atoms with Crippen molar-refractivity contribution in [3.8, 4) is 17.2 Å². The molecule has 0 bridgehead atoms. The summed E-state index contributed by atoms with van der Waals surface area (Å²) >= 11 is 6.78. The van der Waals surface area contributed by atoms with Crippen LogP contribution in [0.5, 0.6) is 17.2 Å². The number of carboxylic acids is 1. The number of carboxylic acid groups (broad SMARTS) is 1. The number of aliphatic carboxylic acids is 1. The molecule has 7 nitrogen and oxygen atoms in total. The third-order valence-corrected chi connectivity index (χ3v) is 8.18. The lowest BCUT2D eigenvalue weighted by molar-refractivity contribution is -0.139. The topological polar surface area (TPSA) is 85.3 Å². The van der Waals surface area contributed by atoms with Crippen molar-refractivity contribution < 1.29 is 28.9 Å². The zero-order valence-electron chi connectivity index (χ0n) is 24.2. The Hall–Kier alpha value is -4.49. The lowest BCUT2D eigenvalue weighted by Gasteiger charge is -2.41. The van der Waals surface area contributed by atoms with E-state index in [1.165, 1.54) is 4.90 Å². The summed E-state index contributed by atoms with van der Waals surface area (Å²) in [6.07, 6.45) is 0. The highest BCUT2D eigenvalue weighted by Gasteiger charge is 2.46. The van der Waals surface area contributed by atoms with Crippen molar-refractivity contribution in [2.75, 3.05) is 18.1 Å². The molecular weight excluding hydrogens is 566 g/mol. The summed E-state index contributed by atoms with van der Waals surface area (Å²) in [6, 6.07) is 24.6. The monoisotopic (exact) mass is 597 g/mol. The molecule has 4 aromatic rings. The number of nitrogens with zero attached hydrogens (tertiary/aromatic N) is 1. The Bertz CT molecular complexity index is 1700. The predicted octanol–water partition coefficient (Wildman–Crippen LogP) is 7.56. The van der Waals surface area contributed by atoms with Gasteiger partial charge in [0, 0.05) is 16.3 Å². The molecule has 0 fully saturated rings. The minimum Gasteiger partial charge on any atom is -0.489 e. The van der Waals surface area contributed by atoms with Gasteiger partial charge in [-0.2, -0.15) is 0 Å². The predicted molar refractivity (Wildman–Crippen MR) is 165 cm³/mol. The average Bonchev–Trinajstić information content (AvgIpc) is 2.99. The van der Waals surface area contributed by atoms with E-state index in [2.05, 4.69) is 20.8 Å². The Balaban J connectivity index is 1.48. The summed E-state index contributed by atoms with van der Waals surface area (Å²) in [5.74, 6) is -0.935. The molecule has 0 aromatic heterocycles. The molecule has 2 aliphatic rings. The molecular formula is C35H32ClNO6. The van der Waals surface area contributed by atoms with E-state index in [0.29, 0.717) is 58.9 Å². The number of halogens is 1. The van der Waals surface area contributed by atoms with Crippen LogP contribution in [-0.2, 0) is 16.8 Å². The van der Waals surface area contributed by atoms with Gasteiger partial charge in [0.25, 0.3) is 5.91 Å². The molecule has 0 spiro atoms. The summed E-state index contributed by atoms with van der Waals surface area (Å²) in [7, 11) is 0. The fourth-order valence-corrected chi connectivity index (χ4v) is 6.25. The lowest BCUT2D eigenvalue weighted by atomic mass is 9.79. The number of amides is 1. The van der Waals surface area contributed by atoms with Crippen molar-refractivity contribution >= 4 is 29.2 Å². The summed E-state index contributed by atoms with van der Waals surface area (Å²) < 4.78 is 17.5. The Morgan fingerprint density at radius 3 is 2.40 bits per heavy atom. The first-order valence-corrected chi connectivity index (χ1v) is 14.6. The van der Waals surface area contributed by atoms with Crippen LogP contribution in [0.2, 0.25) is 5.02 Å². The standard InChI is InChI=1S/C35H32ClNO6/c1-35(2,3)27-13-10-23(18-28(27)36)37-32(22-9-14-29-30(17-22)42-16-15-41-29)31(34(39)40)25-12-11-24(19-26(25)33(37)38)43-20-21-7-5-4-6-8-21/h4-14,17-19,31-32H,15-16,20H2,1-3H3,(H,39,40)/t31-,32+/m1/s1. The van der Waals surface area contributed by atoms with E-state index in [1.54, 1.807) is 42.5 Å². The number of benzene rings is 4. The van der Waals surface area contributed by atoms with Crippen LogP contribution in [0, 0.1) is 0 Å². The second kappa shape index (κ2) is 11.3. The van der Waals surface area contributed by atoms with Crippen LogP contribution in [0.4, 0.5) is 5.69 Å². The molecule has 220 valence electrons. The third kappa shape index (κ3) is 5.53. The number of carbonyl (C=O) groups is 2. The molecule has 0 radical (unpaired) electrons. The quantitative estimate of drug-likeness (QED) is 0.247. The van der Waals surface area contributed by atoms with Crippen LogP contribution < -0.4 is 19.1 Å². The molecule has 2 atom stereocenters. The SMILES string of the molecule is CC(C)(C)c1ccc(N2C(=O)c3cc(OCc4ccccc4)ccc3[C@@H](C(=O)O)[C@@H]2c2ccc3c(c2)OCCO3)cc1Cl. The number of carbonyl (C=O) groups excluding carboxylic acids is 1. The van der Waals surface area contributed by atoms with E-state index < -0.39 is 17.9 Å². The highest BCUT2D eigenvalue weighted by atomic mass is 35.5. The first-order chi connectivity index (χ1) is 20.6. The molecule has 0 aliphatic carbocycles. The van der Waals surface area contributed by atoms with Crippen LogP contribution in [0.3, 0.4) is 0 Å². The fourth-order valence-electron chi connectivity index (χ4n) is 5.79. The van der Waals surface area contributed by atoms with E-state index in [4.69, 9.17) is 25.8 Å². The van der Waals surface area contributed by atoms with Crippen molar-refractivity contribution in [2.45, 2.75) is 44.8 Å². The first-order valence-electron chi connectivity index (χ1n) is 14.2. The molecule has 0 saturated carbocycles. The van der Waals surface area contributed by atoms with Crippen molar-refractivity contribution in [2.24, 2.45) is 0 Å². The molecule has 43 heavy (non-hydrogen) atoms. The maximum atomic E-state index is 14.5. The van der Waals surface area contributed by atoms with Gasteiger partial charge >= 0.3 is 5.97 Å². The maximum Gasteiger partial charge on any atom is 0.313 e. The molecule has 2 aliphatic heterocycles. The van der Waals surface area contributed by atoms with Crippen LogP contribution in [-0.4, -0.2) is 30.2 Å². The van der Waals surface area contributed by atoms with Gasteiger partial charge in [-0.05, 0) is 64.1 Å². The summed E-state index contributed by atoms with van der Waals surface area (Å²) in [5.41, 5.74) is 3.46. The molecule has 1 N–H and O–H groups in total. The van der Waals surface area contributed by atoms with Gasteiger partial charge in [0.15, 0.2) is 11.5 Å². The van der Waals surface area contributed by atoms with Gasteiger partial charge in [0.1, 0.15) is 31.5 Å². The van der Waals surface area contributed by atoms with Gasteiger partial charge in [-0.15, -0.1) is 0 Å². The number of fused-ring (bicyclic) bond motifs is 2. The number of ether oxygens (including phenoxy) is 3. The number of hydrogen-bond acceptors (Lipinski definition) is 5. The van der Waals surface area contributed by atoms with Crippen LogP contribution >= 0.6 is 11.6 Å². The minimum absolute atomic E-state index is 0.224. The third-order valence-electron chi connectivity index (χ3n) is 7.86. The number of hydrogen-bond donors (Lipinski definition) is 1. The molecule has 4 aromatic carbocycles. The zero-order chi connectivity index (χ0) is 30.3. The Morgan fingerprint density at radius 2 is 1.70 bits per heavy atom. The van der Waals surface area contributed by atoms with Gasteiger partial charge in [0.05, 0.1) is 6.04 Å². The van der Waals surface area contributed by atoms with Crippen molar-refractivity contribution in [1.29, 1.82) is 0 Å². The normalized spacial score (nSPS) is 17.8. The summed E-state index contributed by atoms with van der Waals surface area (Å²) in [6.45, 7) is 7.30. The molecule has 0 unspecified atom stereocenters. The van der Waals surface area contributed by atoms with E-state index in [9.17, 15) is 14.7 Å². The Labute approximate surface area is 255 Å². The smallest absolute Gasteiger partial charge is 0.313 e. The van der Waals surface area contributed by atoms with E-state index in [-0.39, 0.29) is 16.9 Å². The molecule has 8 heteroatoms. The fraction of sp³-hybridized carbons (Fsp3) is 0.257. The van der Waals surface area contributed by atoms with E-state index in [0.717, 1.165) is 11.1 Å². The van der Waals surface area contributed by atoms with Gasteiger partial charge in [-0.1, -0.05) is 80.9 Å². The van der Waals surface area contributed by atoms with Gasteiger partial charge in [-0.3, -0.25) is 14.5 Å². The van der Waals surface area contributed by atoms with E-state index >= 15 is 0 Å². The van der Waals surface area contributed by atoms with Crippen molar-refractivity contribution in [1.82, 2.24) is 0 Å². The minimum atomic E-state index is -1.08. The van der Waals surface area contributed by atoms with Crippen LogP contribution in [0.15, 0.2) is 84.9 Å². The lowest BCUT2D eigenvalue weighted by Crippen LogP contribution is -2.45. The second-order valence-corrected chi connectivity index (χ2v) is 12.2. The first kappa shape index (κ1) is 28.6. The number of rotatable bonds is 6. The highest BCUT2D eigenvalue weighted by molar-refractivity contribution is 6.32. The summed E-state index contributed by atoms with van der Waals surface area (Å²) in [4.78, 5) is 29.1. The maximum absolute atomic E-state index is 14.5. The zero-order valence-corrected chi connectivity index (χ0v) is 24.9. The average molecular weight is 598 g/mol. The largest absolute Gasteiger partial charge is 0.489 e. The highest BCUT2D eigenvalue weighted by Crippen LogP contribution is 2.48. The second-order valence-electron chi connectivity index (χ2n) is 11.8.